The topological polar surface area (TPSA) is 80.1 Å². The Labute approximate surface area is 182 Å². The highest BCUT2D eigenvalue weighted by molar-refractivity contribution is 5.95. The van der Waals surface area contributed by atoms with Crippen molar-refractivity contribution < 1.29 is 9.59 Å². The Morgan fingerprint density at radius 3 is 2.68 bits per heavy atom. The number of carbonyl (C=O) groups excluding carboxylic acids is 2. The molecule has 3 heterocycles. The van der Waals surface area contributed by atoms with Gasteiger partial charge in [0.1, 0.15) is 0 Å². The predicted octanol–water partition coefficient (Wildman–Crippen LogP) is 3.05. The number of piperidine rings is 1. The van der Waals surface area contributed by atoms with Crippen molar-refractivity contribution in [2.45, 2.75) is 33.2 Å². The van der Waals surface area contributed by atoms with Gasteiger partial charge in [-0.05, 0) is 62.6 Å². The molecule has 0 spiro atoms. The molecule has 1 unspecified atom stereocenters. The molecular formula is C24H27N5O2. The Hall–Kier alpha value is -3.48. The number of likely N-dealkylation sites (tertiary alicyclic amines) is 1. The van der Waals surface area contributed by atoms with E-state index >= 15 is 0 Å². The number of nitrogens with one attached hydrogen (secondary N) is 1. The van der Waals surface area contributed by atoms with Crippen molar-refractivity contribution in [3.63, 3.8) is 0 Å². The Balaban J connectivity index is 1.37. The van der Waals surface area contributed by atoms with E-state index in [1.165, 1.54) is 0 Å². The van der Waals surface area contributed by atoms with E-state index in [1.807, 2.05) is 55.3 Å². The fourth-order valence-corrected chi connectivity index (χ4v) is 4.09. The van der Waals surface area contributed by atoms with Crippen LogP contribution in [-0.4, -0.2) is 44.6 Å². The van der Waals surface area contributed by atoms with Gasteiger partial charge in [0.05, 0.1) is 5.92 Å². The molecule has 0 aliphatic carbocycles. The van der Waals surface area contributed by atoms with E-state index in [4.69, 9.17) is 0 Å². The van der Waals surface area contributed by atoms with E-state index in [-0.39, 0.29) is 17.7 Å². The lowest BCUT2D eigenvalue weighted by molar-refractivity contribution is -0.126. The molecule has 1 aliphatic heterocycles. The van der Waals surface area contributed by atoms with Crippen LogP contribution in [0.1, 0.15) is 39.9 Å². The summed E-state index contributed by atoms with van der Waals surface area (Å²) in [5.41, 5.74) is 3.79. The van der Waals surface area contributed by atoms with Crippen LogP contribution in [0.5, 0.6) is 0 Å². The summed E-state index contributed by atoms with van der Waals surface area (Å²) >= 11 is 0. The number of hydrogen-bond donors (Lipinski definition) is 1. The van der Waals surface area contributed by atoms with Crippen LogP contribution in [0.15, 0.2) is 55.0 Å². The Kier molecular flexibility index (Phi) is 6.11. The number of rotatable bonds is 5. The summed E-state index contributed by atoms with van der Waals surface area (Å²) in [7, 11) is 0. The van der Waals surface area contributed by atoms with Gasteiger partial charge < -0.3 is 10.2 Å². The number of aromatic nitrogens is 3. The van der Waals surface area contributed by atoms with Crippen LogP contribution in [0.25, 0.3) is 5.82 Å². The molecule has 1 fully saturated rings. The first kappa shape index (κ1) is 20.8. The Bertz CT molecular complexity index is 1060. The molecular weight excluding hydrogens is 390 g/mol. The summed E-state index contributed by atoms with van der Waals surface area (Å²) in [5, 5.41) is 7.21. The molecule has 1 aliphatic rings. The largest absolute Gasteiger partial charge is 0.352 e. The third kappa shape index (κ3) is 4.99. The van der Waals surface area contributed by atoms with Gasteiger partial charge >= 0.3 is 0 Å². The van der Waals surface area contributed by atoms with E-state index < -0.39 is 0 Å². The molecule has 3 aromatic rings. The van der Waals surface area contributed by atoms with Gasteiger partial charge in [0, 0.05) is 43.8 Å². The van der Waals surface area contributed by atoms with Crippen molar-refractivity contribution in [1.29, 1.82) is 0 Å². The fourth-order valence-electron chi connectivity index (χ4n) is 4.09. The molecule has 4 rings (SSSR count). The number of benzene rings is 1. The van der Waals surface area contributed by atoms with Gasteiger partial charge in [0.2, 0.25) is 5.91 Å². The molecule has 1 N–H and O–H groups in total. The van der Waals surface area contributed by atoms with Crippen LogP contribution < -0.4 is 5.32 Å². The van der Waals surface area contributed by atoms with E-state index in [2.05, 4.69) is 21.5 Å². The maximum absolute atomic E-state index is 13.0. The van der Waals surface area contributed by atoms with Gasteiger partial charge in [-0.3, -0.25) is 9.59 Å². The zero-order valence-electron chi connectivity index (χ0n) is 17.9. The Morgan fingerprint density at radius 2 is 1.94 bits per heavy atom. The minimum atomic E-state index is -0.198. The number of hydrogen-bond acceptors (Lipinski definition) is 4. The minimum Gasteiger partial charge on any atom is -0.352 e. The average molecular weight is 418 g/mol. The quantitative estimate of drug-likeness (QED) is 0.692. The van der Waals surface area contributed by atoms with Gasteiger partial charge in [-0.25, -0.2) is 9.67 Å². The van der Waals surface area contributed by atoms with Crippen molar-refractivity contribution in [1.82, 2.24) is 25.0 Å². The third-order valence-electron chi connectivity index (χ3n) is 5.56. The predicted molar refractivity (Wildman–Crippen MR) is 118 cm³/mol. The normalized spacial score (nSPS) is 16.2. The summed E-state index contributed by atoms with van der Waals surface area (Å²) < 4.78 is 1.68. The molecule has 0 bridgehead atoms. The van der Waals surface area contributed by atoms with Gasteiger partial charge in [-0.2, -0.15) is 5.10 Å². The molecule has 1 aromatic carbocycles. The van der Waals surface area contributed by atoms with Crippen LogP contribution in [0.3, 0.4) is 0 Å². The van der Waals surface area contributed by atoms with Crippen LogP contribution >= 0.6 is 0 Å². The second-order valence-electron chi connectivity index (χ2n) is 8.16. The SMILES string of the molecule is Cc1cc(C)cc(C(=O)N2CCCC(C(=O)NCc3ccnc(-n4cccn4)c3)C2)c1. The first-order valence-electron chi connectivity index (χ1n) is 10.6. The Morgan fingerprint density at radius 1 is 1.13 bits per heavy atom. The molecule has 2 amide bonds. The standard InChI is InChI=1S/C24H27N5O2/c1-17-11-18(2)13-21(12-17)24(31)28-9-3-5-20(16-28)23(30)26-15-19-6-8-25-22(14-19)29-10-4-7-27-29/h4,6-8,10-14,20H,3,5,9,15-16H2,1-2H3,(H,26,30). The van der Waals surface area contributed by atoms with E-state index in [0.717, 1.165) is 29.5 Å². The second-order valence-corrected chi connectivity index (χ2v) is 8.16. The highest BCUT2D eigenvalue weighted by atomic mass is 16.2. The first-order valence-corrected chi connectivity index (χ1v) is 10.6. The average Bonchev–Trinajstić information content (AvgIpc) is 3.32. The summed E-state index contributed by atoms with van der Waals surface area (Å²) in [4.78, 5) is 31.9. The monoisotopic (exact) mass is 417 g/mol. The van der Waals surface area contributed by atoms with Gasteiger partial charge in [-0.15, -0.1) is 0 Å². The fraction of sp³-hybridized carbons (Fsp3) is 0.333. The summed E-state index contributed by atoms with van der Waals surface area (Å²) in [6.45, 7) is 5.54. The molecule has 160 valence electrons. The number of pyridine rings is 1. The molecule has 0 radical (unpaired) electrons. The molecule has 31 heavy (non-hydrogen) atoms. The second kappa shape index (κ2) is 9.12. The summed E-state index contributed by atoms with van der Waals surface area (Å²) in [6, 6.07) is 11.5. The van der Waals surface area contributed by atoms with Gasteiger partial charge in [0.25, 0.3) is 5.91 Å². The molecule has 7 nitrogen and oxygen atoms in total. The number of aryl methyl sites for hydroxylation is 2. The van der Waals surface area contributed by atoms with Crippen LogP contribution in [0.2, 0.25) is 0 Å². The zero-order chi connectivity index (χ0) is 21.8. The molecule has 1 saturated heterocycles. The molecule has 1 atom stereocenters. The zero-order valence-corrected chi connectivity index (χ0v) is 17.9. The van der Waals surface area contributed by atoms with Crippen molar-refractivity contribution in [3.8, 4) is 5.82 Å². The highest BCUT2D eigenvalue weighted by Gasteiger charge is 2.29. The van der Waals surface area contributed by atoms with Crippen LogP contribution in [0, 0.1) is 19.8 Å². The number of amides is 2. The van der Waals surface area contributed by atoms with Gasteiger partial charge in [-0.1, -0.05) is 17.2 Å². The van der Waals surface area contributed by atoms with Crippen molar-refractivity contribution in [3.05, 3.63) is 77.2 Å². The van der Waals surface area contributed by atoms with Crippen molar-refractivity contribution in [2.24, 2.45) is 5.92 Å². The maximum Gasteiger partial charge on any atom is 0.253 e. The van der Waals surface area contributed by atoms with E-state index in [1.54, 1.807) is 17.1 Å². The summed E-state index contributed by atoms with van der Waals surface area (Å²) in [5.74, 6) is 0.494. The lowest BCUT2D eigenvalue weighted by atomic mass is 9.96. The summed E-state index contributed by atoms with van der Waals surface area (Å²) in [6.07, 6.45) is 6.85. The number of nitrogens with zero attached hydrogens (tertiary/aromatic N) is 4. The number of carbonyl (C=O) groups is 2. The molecule has 0 saturated carbocycles. The maximum atomic E-state index is 13.0. The molecule has 7 heteroatoms. The van der Waals surface area contributed by atoms with Crippen LogP contribution in [0.4, 0.5) is 0 Å². The van der Waals surface area contributed by atoms with Crippen molar-refractivity contribution >= 4 is 11.8 Å². The van der Waals surface area contributed by atoms with E-state index in [0.29, 0.717) is 31.0 Å². The smallest absolute Gasteiger partial charge is 0.253 e. The van der Waals surface area contributed by atoms with E-state index in [9.17, 15) is 9.59 Å². The minimum absolute atomic E-state index is 0.00213. The van der Waals surface area contributed by atoms with Crippen LogP contribution in [-0.2, 0) is 11.3 Å². The first-order chi connectivity index (χ1) is 15.0. The highest BCUT2D eigenvalue weighted by Crippen LogP contribution is 2.20. The molecule has 2 aromatic heterocycles. The third-order valence-corrected chi connectivity index (χ3v) is 5.56. The van der Waals surface area contributed by atoms with Gasteiger partial charge in [0.15, 0.2) is 5.82 Å². The van der Waals surface area contributed by atoms with Crippen molar-refractivity contribution in [2.75, 3.05) is 13.1 Å². The lowest BCUT2D eigenvalue weighted by Gasteiger charge is -2.32. The lowest BCUT2D eigenvalue weighted by Crippen LogP contribution is -2.45.